The number of nitriles is 1. The SMILES string of the molecule is CC(C)(C)NCc1ccc(SC(C)(C)C)c(C#N)c1. The van der Waals surface area contributed by atoms with Gasteiger partial charge in [-0.15, -0.1) is 11.8 Å². The highest BCUT2D eigenvalue weighted by Crippen LogP contribution is 2.34. The Morgan fingerprint density at radius 1 is 1.16 bits per heavy atom. The molecule has 104 valence electrons. The molecule has 0 aromatic heterocycles. The predicted octanol–water partition coefficient (Wildman–Crippen LogP) is 4.34. The summed E-state index contributed by atoms with van der Waals surface area (Å²) >= 11 is 1.74. The van der Waals surface area contributed by atoms with Crippen molar-refractivity contribution in [3.8, 4) is 6.07 Å². The molecule has 1 rings (SSSR count). The topological polar surface area (TPSA) is 35.8 Å². The molecule has 2 nitrogen and oxygen atoms in total. The van der Waals surface area contributed by atoms with Crippen LogP contribution in [0.1, 0.15) is 52.7 Å². The van der Waals surface area contributed by atoms with Crippen molar-refractivity contribution >= 4 is 11.8 Å². The number of benzene rings is 1. The van der Waals surface area contributed by atoms with Crippen LogP contribution in [0, 0.1) is 11.3 Å². The lowest BCUT2D eigenvalue weighted by atomic mass is 10.1. The van der Waals surface area contributed by atoms with Crippen LogP contribution in [0.15, 0.2) is 23.1 Å². The van der Waals surface area contributed by atoms with Crippen LogP contribution in [0.25, 0.3) is 0 Å². The van der Waals surface area contributed by atoms with E-state index in [0.717, 1.165) is 22.6 Å². The third-order valence-corrected chi connectivity index (χ3v) is 3.59. The zero-order valence-corrected chi connectivity index (χ0v) is 13.6. The van der Waals surface area contributed by atoms with Crippen molar-refractivity contribution < 1.29 is 0 Å². The fourth-order valence-electron chi connectivity index (χ4n) is 1.56. The number of thioether (sulfide) groups is 1. The molecule has 1 aromatic carbocycles. The van der Waals surface area contributed by atoms with E-state index in [4.69, 9.17) is 0 Å². The van der Waals surface area contributed by atoms with Crippen LogP contribution in [0.4, 0.5) is 0 Å². The molecular weight excluding hydrogens is 252 g/mol. The quantitative estimate of drug-likeness (QED) is 0.834. The summed E-state index contributed by atoms with van der Waals surface area (Å²) in [6.45, 7) is 13.7. The molecule has 0 spiro atoms. The Morgan fingerprint density at radius 2 is 1.79 bits per heavy atom. The fourth-order valence-corrected chi connectivity index (χ4v) is 2.57. The van der Waals surface area contributed by atoms with Crippen LogP contribution in [-0.4, -0.2) is 10.3 Å². The third kappa shape index (κ3) is 6.13. The lowest BCUT2D eigenvalue weighted by molar-refractivity contribution is 0.424. The summed E-state index contributed by atoms with van der Waals surface area (Å²) < 4.78 is 0.122. The second-order valence-corrected chi connectivity index (χ2v) is 8.63. The molecule has 0 heterocycles. The van der Waals surface area contributed by atoms with E-state index < -0.39 is 0 Å². The molecular formula is C16H24N2S. The van der Waals surface area contributed by atoms with Gasteiger partial charge in [-0.25, -0.2) is 0 Å². The Balaban J connectivity index is 2.88. The zero-order chi connectivity index (χ0) is 14.7. The summed E-state index contributed by atoms with van der Waals surface area (Å²) in [6, 6.07) is 8.47. The molecule has 0 aliphatic rings. The van der Waals surface area contributed by atoms with Gasteiger partial charge in [-0.3, -0.25) is 0 Å². The molecule has 0 atom stereocenters. The van der Waals surface area contributed by atoms with Gasteiger partial charge in [-0.2, -0.15) is 5.26 Å². The van der Waals surface area contributed by atoms with Crippen molar-refractivity contribution in [1.82, 2.24) is 5.32 Å². The van der Waals surface area contributed by atoms with E-state index in [-0.39, 0.29) is 10.3 Å². The van der Waals surface area contributed by atoms with Crippen LogP contribution in [0.3, 0.4) is 0 Å². The second-order valence-electron chi connectivity index (χ2n) is 6.76. The van der Waals surface area contributed by atoms with Crippen LogP contribution in [0.5, 0.6) is 0 Å². The van der Waals surface area contributed by atoms with Gasteiger partial charge in [-0.05, 0) is 38.5 Å². The van der Waals surface area contributed by atoms with Crippen molar-refractivity contribution in [1.29, 1.82) is 5.26 Å². The highest BCUT2D eigenvalue weighted by atomic mass is 32.2. The lowest BCUT2D eigenvalue weighted by Crippen LogP contribution is -2.35. The monoisotopic (exact) mass is 276 g/mol. The molecule has 0 aliphatic heterocycles. The standard InChI is InChI=1S/C16H24N2S/c1-15(2,3)18-11-12-7-8-14(13(9-12)10-17)19-16(4,5)6/h7-9,18H,11H2,1-6H3. The van der Waals surface area contributed by atoms with Crippen LogP contribution < -0.4 is 5.32 Å². The van der Waals surface area contributed by atoms with Crippen LogP contribution >= 0.6 is 11.8 Å². The van der Waals surface area contributed by atoms with Crippen molar-refractivity contribution in [3.63, 3.8) is 0 Å². The van der Waals surface area contributed by atoms with E-state index in [0.29, 0.717) is 0 Å². The number of hydrogen-bond donors (Lipinski definition) is 1. The highest BCUT2D eigenvalue weighted by Gasteiger charge is 2.15. The van der Waals surface area contributed by atoms with E-state index in [1.54, 1.807) is 11.8 Å². The van der Waals surface area contributed by atoms with E-state index in [1.807, 2.05) is 6.07 Å². The fraction of sp³-hybridized carbons (Fsp3) is 0.562. The first-order valence-electron chi connectivity index (χ1n) is 6.58. The summed E-state index contributed by atoms with van der Waals surface area (Å²) in [5, 5.41) is 12.7. The maximum absolute atomic E-state index is 9.28. The van der Waals surface area contributed by atoms with Crippen molar-refractivity contribution in [2.24, 2.45) is 0 Å². The molecule has 0 unspecified atom stereocenters. The van der Waals surface area contributed by atoms with Gasteiger partial charge in [0.25, 0.3) is 0 Å². The smallest absolute Gasteiger partial charge is 0.100 e. The van der Waals surface area contributed by atoms with Crippen molar-refractivity contribution in [3.05, 3.63) is 29.3 Å². The Bertz CT molecular complexity index is 473. The first-order chi connectivity index (χ1) is 8.61. The molecule has 1 aromatic rings. The van der Waals surface area contributed by atoms with E-state index in [2.05, 4.69) is 65.1 Å². The molecule has 0 fully saturated rings. The minimum absolute atomic E-state index is 0.0889. The van der Waals surface area contributed by atoms with Crippen LogP contribution in [-0.2, 0) is 6.54 Å². The maximum atomic E-state index is 9.28. The average molecular weight is 276 g/mol. The Hall–Kier alpha value is -0.980. The van der Waals surface area contributed by atoms with Crippen molar-refractivity contribution in [2.45, 2.75) is 63.3 Å². The number of nitrogens with one attached hydrogen (secondary N) is 1. The number of hydrogen-bond acceptors (Lipinski definition) is 3. The molecule has 0 bridgehead atoms. The first kappa shape index (κ1) is 16.1. The lowest BCUT2D eigenvalue weighted by Gasteiger charge is -2.21. The molecule has 3 heteroatoms. The minimum atomic E-state index is 0.0889. The van der Waals surface area contributed by atoms with E-state index in [1.165, 1.54) is 0 Å². The van der Waals surface area contributed by atoms with Gasteiger partial charge in [0.1, 0.15) is 6.07 Å². The number of rotatable bonds is 3. The van der Waals surface area contributed by atoms with Gasteiger partial charge in [-0.1, -0.05) is 26.8 Å². The van der Waals surface area contributed by atoms with Gasteiger partial charge >= 0.3 is 0 Å². The van der Waals surface area contributed by atoms with E-state index >= 15 is 0 Å². The first-order valence-corrected chi connectivity index (χ1v) is 7.39. The summed E-state index contributed by atoms with van der Waals surface area (Å²) in [7, 11) is 0. The zero-order valence-electron chi connectivity index (χ0n) is 12.8. The van der Waals surface area contributed by atoms with Gasteiger partial charge < -0.3 is 5.32 Å². The molecule has 19 heavy (non-hydrogen) atoms. The molecule has 0 amide bonds. The second kappa shape index (κ2) is 5.98. The molecule has 0 radical (unpaired) electrons. The van der Waals surface area contributed by atoms with Crippen LogP contribution in [0.2, 0.25) is 0 Å². The average Bonchev–Trinajstić information content (AvgIpc) is 2.24. The Labute approximate surface area is 121 Å². The third-order valence-electron chi connectivity index (χ3n) is 2.40. The largest absolute Gasteiger partial charge is 0.308 e. The summed E-state index contributed by atoms with van der Waals surface area (Å²) in [6.07, 6.45) is 0. The number of nitrogens with zero attached hydrogens (tertiary/aromatic N) is 1. The maximum Gasteiger partial charge on any atom is 0.100 e. The summed E-state index contributed by atoms with van der Waals surface area (Å²) in [4.78, 5) is 1.06. The normalized spacial score (nSPS) is 12.3. The van der Waals surface area contributed by atoms with Gasteiger partial charge in [0.2, 0.25) is 0 Å². The minimum Gasteiger partial charge on any atom is -0.308 e. The molecule has 1 N–H and O–H groups in total. The summed E-state index contributed by atoms with van der Waals surface area (Å²) in [5.74, 6) is 0. The highest BCUT2D eigenvalue weighted by molar-refractivity contribution is 8.00. The van der Waals surface area contributed by atoms with Crippen molar-refractivity contribution in [2.75, 3.05) is 0 Å². The van der Waals surface area contributed by atoms with Gasteiger partial charge in [0.05, 0.1) is 5.56 Å². The Morgan fingerprint density at radius 3 is 2.26 bits per heavy atom. The van der Waals surface area contributed by atoms with Gasteiger partial charge in [0.15, 0.2) is 0 Å². The van der Waals surface area contributed by atoms with E-state index in [9.17, 15) is 5.26 Å². The van der Waals surface area contributed by atoms with Gasteiger partial charge in [0, 0.05) is 21.7 Å². The molecule has 0 saturated heterocycles. The predicted molar refractivity (Wildman–Crippen MR) is 83.4 cm³/mol. The Kier molecular flexibility index (Phi) is 5.06. The molecule has 0 saturated carbocycles. The summed E-state index contributed by atoms with van der Waals surface area (Å²) in [5.41, 5.74) is 2.02. The molecule has 0 aliphatic carbocycles.